The summed E-state index contributed by atoms with van der Waals surface area (Å²) in [5.74, 6) is -1.23. The van der Waals surface area contributed by atoms with Crippen molar-refractivity contribution in [1.82, 2.24) is 4.90 Å². The van der Waals surface area contributed by atoms with E-state index in [1.54, 1.807) is 0 Å². The van der Waals surface area contributed by atoms with Crippen LogP contribution in [0.3, 0.4) is 0 Å². The minimum atomic E-state index is -3.38. The van der Waals surface area contributed by atoms with Crippen LogP contribution in [0.15, 0.2) is 29.2 Å². The van der Waals surface area contributed by atoms with Crippen molar-refractivity contribution in [2.45, 2.75) is 43.7 Å². The van der Waals surface area contributed by atoms with Gasteiger partial charge in [-0.3, -0.25) is 4.79 Å². The number of nitrogens with zero attached hydrogens (tertiary/aromatic N) is 1. The number of benzene rings is 1. The summed E-state index contributed by atoms with van der Waals surface area (Å²) in [6, 6.07) is 4.63. The maximum atomic E-state index is 12.6. The molecule has 0 spiro atoms. The van der Waals surface area contributed by atoms with Crippen LogP contribution in [0.25, 0.3) is 0 Å². The second-order valence-corrected chi connectivity index (χ2v) is 11.2. The third-order valence-corrected chi connectivity index (χ3v) is 7.68. The Balaban J connectivity index is 2.04. The third kappa shape index (κ3) is 5.54. The van der Waals surface area contributed by atoms with Crippen molar-refractivity contribution in [3.8, 4) is 0 Å². The Bertz CT molecular complexity index is 937. The van der Waals surface area contributed by atoms with E-state index in [9.17, 15) is 26.4 Å². The molecule has 1 aromatic rings. The molecule has 10 heteroatoms. The van der Waals surface area contributed by atoms with Gasteiger partial charge < -0.3 is 9.64 Å². The van der Waals surface area contributed by atoms with Gasteiger partial charge in [-0.05, 0) is 44.0 Å². The highest BCUT2D eigenvalue weighted by atomic mass is 32.2. The van der Waals surface area contributed by atoms with Gasteiger partial charge in [0, 0.05) is 18.3 Å². The molecule has 1 aliphatic heterocycles. The fraction of sp³-hybridized carbons (Fsp3) is 0.556. The first-order chi connectivity index (χ1) is 12.9. The number of carbonyl (C=O) groups excluding carboxylic acids is 2. The number of rotatable bonds is 7. The Labute approximate surface area is 165 Å². The maximum Gasteiger partial charge on any atom is 0.338 e. The molecule has 1 amide bonds. The van der Waals surface area contributed by atoms with Crippen LogP contribution in [0.1, 0.15) is 37.0 Å². The average molecular weight is 432 g/mol. The van der Waals surface area contributed by atoms with E-state index in [1.165, 1.54) is 29.2 Å². The highest BCUT2D eigenvalue weighted by Crippen LogP contribution is 2.21. The summed E-state index contributed by atoms with van der Waals surface area (Å²) in [4.78, 5) is 26.4. The molecule has 2 atom stereocenters. The van der Waals surface area contributed by atoms with Crippen molar-refractivity contribution in [2.24, 2.45) is 0 Å². The highest BCUT2D eigenvalue weighted by Gasteiger charge is 2.36. The minimum Gasteiger partial charge on any atom is -0.452 e. The molecule has 0 aliphatic carbocycles. The monoisotopic (exact) mass is 431 g/mol. The quantitative estimate of drug-likeness (QED) is 0.593. The molecule has 0 bridgehead atoms. The molecule has 0 saturated carbocycles. The molecule has 0 N–H and O–H groups in total. The predicted octanol–water partition coefficient (Wildman–Crippen LogP) is 1.06. The molecular weight excluding hydrogens is 406 g/mol. The fourth-order valence-corrected chi connectivity index (χ4v) is 5.47. The van der Waals surface area contributed by atoms with Gasteiger partial charge in [-0.15, -0.1) is 0 Å². The molecule has 0 unspecified atom stereocenters. The van der Waals surface area contributed by atoms with Crippen LogP contribution in [0.2, 0.25) is 0 Å². The Morgan fingerprint density at radius 1 is 1.25 bits per heavy atom. The summed E-state index contributed by atoms with van der Waals surface area (Å²) >= 11 is 0. The second-order valence-electron chi connectivity index (χ2n) is 6.99. The van der Waals surface area contributed by atoms with Crippen molar-refractivity contribution < 1.29 is 31.2 Å². The van der Waals surface area contributed by atoms with Crippen molar-refractivity contribution in [1.29, 1.82) is 0 Å². The predicted molar refractivity (Wildman–Crippen MR) is 103 cm³/mol. The van der Waals surface area contributed by atoms with Gasteiger partial charge in [-0.2, -0.15) is 0 Å². The van der Waals surface area contributed by atoms with Crippen molar-refractivity contribution in [2.75, 3.05) is 24.4 Å². The number of hydrogen-bond acceptors (Lipinski definition) is 7. The van der Waals surface area contributed by atoms with Gasteiger partial charge in [0.25, 0.3) is 5.91 Å². The molecule has 1 aromatic carbocycles. The van der Waals surface area contributed by atoms with Crippen LogP contribution >= 0.6 is 0 Å². The average Bonchev–Trinajstić information content (AvgIpc) is 2.98. The molecule has 1 heterocycles. The standard InChI is InChI=1S/C18H25NO7S2/c1-4-13(2)19(15-9-10-28(24,25)12-15)17(20)11-26-18(21)14-5-7-16(8-6-14)27(3,22)23/h5-8,13,15H,4,9-12H2,1-3H3/t13-,15+/m1/s1. The first-order valence-electron chi connectivity index (χ1n) is 8.93. The van der Waals surface area contributed by atoms with Crippen LogP contribution in [0, 0.1) is 0 Å². The molecule has 1 aliphatic rings. The number of esters is 1. The summed E-state index contributed by atoms with van der Waals surface area (Å²) in [5.41, 5.74) is 0.124. The second kappa shape index (κ2) is 8.60. The Hall–Kier alpha value is -1.94. The van der Waals surface area contributed by atoms with Gasteiger partial charge in [0.05, 0.1) is 22.0 Å². The van der Waals surface area contributed by atoms with Gasteiger partial charge in [-0.25, -0.2) is 21.6 Å². The molecule has 1 saturated heterocycles. The SMILES string of the molecule is CC[C@@H](C)N(C(=O)COC(=O)c1ccc(S(C)(=O)=O)cc1)[C@H]1CCS(=O)(=O)C1. The normalized spacial score (nSPS) is 19.8. The lowest BCUT2D eigenvalue weighted by molar-refractivity contribution is -0.138. The number of hydrogen-bond donors (Lipinski definition) is 0. The largest absolute Gasteiger partial charge is 0.452 e. The molecule has 1 fully saturated rings. The van der Waals surface area contributed by atoms with Gasteiger partial charge in [0.15, 0.2) is 26.3 Å². The lowest BCUT2D eigenvalue weighted by Gasteiger charge is -2.33. The minimum absolute atomic E-state index is 0.0460. The summed E-state index contributed by atoms with van der Waals surface area (Å²) < 4.78 is 51.5. The smallest absolute Gasteiger partial charge is 0.338 e. The fourth-order valence-electron chi connectivity index (χ4n) is 3.12. The zero-order valence-electron chi connectivity index (χ0n) is 16.1. The highest BCUT2D eigenvalue weighted by molar-refractivity contribution is 7.91. The van der Waals surface area contributed by atoms with Gasteiger partial charge in [0.1, 0.15) is 0 Å². The van der Waals surface area contributed by atoms with Gasteiger partial charge in [0.2, 0.25) is 0 Å². The van der Waals surface area contributed by atoms with Crippen LogP contribution < -0.4 is 0 Å². The molecule has 0 radical (unpaired) electrons. The lowest BCUT2D eigenvalue weighted by atomic mass is 10.1. The number of sulfone groups is 2. The summed E-state index contributed by atoms with van der Waals surface area (Å²) in [6.07, 6.45) is 2.08. The topological polar surface area (TPSA) is 115 Å². The zero-order chi connectivity index (χ0) is 21.1. The van der Waals surface area contributed by atoms with E-state index < -0.39 is 44.2 Å². The van der Waals surface area contributed by atoms with Crippen LogP contribution in [0.5, 0.6) is 0 Å². The molecular formula is C18H25NO7S2. The molecule has 28 heavy (non-hydrogen) atoms. The van der Waals surface area contributed by atoms with Crippen LogP contribution in [0.4, 0.5) is 0 Å². The molecule has 2 rings (SSSR count). The first-order valence-corrected chi connectivity index (χ1v) is 12.6. The Morgan fingerprint density at radius 2 is 1.86 bits per heavy atom. The van der Waals surface area contributed by atoms with Crippen molar-refractivity contribution in [3.05, 3.63) is 29.8 Å². The summed E-state index contributed by atoms with van der Waals surface area (Å²) in [7, 11) is -6.53. The van der Waals surface area contributed by atoms with E-state index in [0.29, 0.717) is 12.8 Å². The molecule has 0 aromatic heterocycles. The van der Waals surface area contributed by atoms with Gasteiger partial charge in [-0.1, -0.05) is 6.92 Å². The zero-order valence-corrected chi connectivity index (χ0v) is 17.8. The third-order valence-electron chi connectivity index (χ3n) is 4.80. The molecule has 156 valence electrons. The maximum absolute atomic E-state index is 12.6. The van der Waals surface area contributed by atoms with E-state index in [4.69, 9.17) is 4.74 Å². The van der Waals surface area contributed by atoms with Gasteiger partial charge >= 0.3 is 5.97 Å². The summed E-state index contributed by atoms with van der Waals surface area (Å²) in [5, 5.41) is 0. The van der Waals surface area contributed by atoms with Crippen molar-refractivity contribution in [3.63, 3.8) is 0 Å². The van der Waals surface area contributed by atoms with Crippen LogP contribution in [-0.4, -0.2) is 70.1 Å². The first kappa shape index (κ1) is 22.4. The Kier molecular flexibility index (Phi) is 6.87. The number of amides is 1. The Morgan fingerprint density at radius 3 is 2.32 bits per heavy atom. The van der Waals surface area contributed by atoms with Crippen molar-refractivity contribution >= 4 is 31.6 Å². The van der Waals surface area contributed by atoms with E-state index >= 15 is 0 Å². The number of carbonyl (C=O) groups is 2. The van der Waals surface area contributed by atoms with E-state index in [1.807, 2.05) is 13.8 Å². The van der Waals surface area contributed by atoms with E-state index in [0.717, 1.165) is 6.26 Å². The molecule has 8 nitrogen and oxygen atoms in total. The summed E-state index contributed by atoms with van der Waals surface area (Å²) in [6.45, 7) is 3.21. The lowest BCUT2D eigenvalue weighted by Crippen LogP contribution is -2.48. The van der Waals surface area contributed by atoms with E-state index in [-0.39, 0.29) is 28.0 Å². The van der Waals surface area contributed by atoms with E-state index in [2.05, 4.69) is 0 Å². The number of ether oxygens (including phenoxy) is 1. The van der Waals surface area contributed by atoms with Crippen LogP contribution in [-0.2, 0) is 29.2 Å².